The fourth-order valence-electron chi connectivity index (χ4n) is 2.59. The van der Waals surface area contributed by atoms with Crippen molar-refractivity contribution in [2.45, 2.75) is 6.54 Å². The Morgan fingerprint density at radius 3 is 2.55 bits per heavy atom. The van der Waals surface area contributed by atoms with Gasteiger partial charge in [-0.1, -0.05) is 0 Å². The molecule has 9 nitrogen and oxygen atoms in total. The summed E-state index contributed by atoms with van der Waals surface area (Å²) in [7, 11) is 0. The van der Waals surface area contributed by atoms with Gasteiger partial charge in [-0.05, 0) is 12.1 Å². The first kappa shape index (κ1) is 18.2. The highest BCUT2D eigenvalue weighted by Gasteiger charge is 2.12. The van der Waals surface area contributed by atoms with E-state index < -0.39 is 29.6 Å². The maximum Gasteiger partial charge on any atom is 0.264 e. The second kappa shape index (κ2) is 7.46. The van der Waals surface area contributed by atoms with Crippen LogP contribution in [0.1, 0.15) is 0 Å². The lowest BCUT2D eigenvalue weighted by Gasteiger charge is -2.08. The molecule has 0 spiro atoms. The molecule has 1 N–H and O–H groups in total. The molecule has 1 aromatic carbocycles. The van der Waals surface area contributed by atoms with Gasteiger partial charge >= 0.3 is 0 Å². The summed E-state index contributed by atoms with van der Waals surface area (Å²) < 4.78 is 27.5. The average molecular weight is 395 g/mol. The van der Waals surface area contributed by atoms with Gasteiger partial charge in [0.2, 0.25) is 5.91 Å². The quantitative estimate of drug-likeness (QED) is 0.557. The number of aromatic nitrogens is 6. The highest BCUT2D eigenvalue weighted by molar-refractivity contribution is 5.90. The molecule has 0 aliphatic heterocycles. The number of rotatable bonds is 4. The Hall–Kier alpha value is -4.15. The Kier molecular flexibility index (Phi) is 4.69. The first-order valence-electron chi connectivity index (χ1n) is 8.24. The lowest BCUT2D eigenvalue weighted by molar-refractivity contribution is -0.116. The summed E-state index contributed by atoms with van der Waals surface area (Å²) in [6.07, 6.45) is 6.91. The average Bonchev–Trinajstić information content (AvgIpc) is 2.70. The van der Waals surface area contributed by atoms with E-state index in [1.54, 1.807) is 0 Å². The van der Waals surface area contributed by atoms with E-state index >= 15 is 0 Å². The fourth-order valence-corrected chi connectivity index (χ4v) is 2.59. The van der Waals surface area contributed by atoms with Crippen LogP contribution < -0.4 is 10.9 Å². The van der Waals surface area contributed by atoms with Crippen LogP contribution in [0.2, 0.25) is 0 Å². The Morgan fingerprint density at radius 2 is 1.83 bits per heavy atom. The summed E-state index contributed by atoms with van der Waals surface area (Å²) in [6, 6.07) is 2.61. The van der Waals surface area contributed by atoms with Gasteiger partial charge in [-0.15, -0.1) is 0 Å². The monoisotopic (exact) mass is 395 g/mol. The molecule has 0 saturated heterocycles. The van der Waals surface area contributed by atoms with Gasteiger partial charge in [0.1, 0.15) is 35.6 Å². The Balaban J connectivity index is 1.59. The van der Waals surface area contributed by atoms with E-state index in [-0.39, 0.29) is 22.5 Å². The van der Waals surface area contributed by atoms with Crippen LogP contribution in [-0.2, 0) is 11.3 Å². The Labute approximate surface area is 161 Å². The van der Waals surface area contributed by atoms with Crippen molar-refractivity contribution in [2.24, 2.45) is 0 Å². The van der Waals surface area contributed by atoms with E-state index in [9.17, 15) is 18.4 Å². The van der Waals surface area contributed by atoms with Gasteiger partial charge in [-0.3, -0.25) is 19.1 Å². The van der Waals surface area contributed by atoms with Crippen molar-refractivity contribution in [1.29, 1.82) is 0 Å². The molecule has 0 bridgehead atoms. The van der Waals surface area contributed by atoms with Gasteiger partial charge in [-0.2, -0.15) is 0 Å². The number of benzene rings is 1. The van der Waals surface area contributed by atoms with Crippen molar-refractivity contribution >= 4 is 22.6 Å². The number of hydrogen-bond acceptors (Lipinski definition) is 7. The number of carbonyl (C=O) groups is 1. The molecule has 0 atom stereocenters. The van der Waals surface area contributed by atoms with Crippen LogP contribution in [0.3, 0.4) is 0 Å². The summed E-state index contributed by atoms with van der Waals surface area (Å²) in [6.45, 7) is -0.411. The third kappa shape index (κ3) is 3.93. The molecule has 0 saturated carbocycles. The van der Waals surface area contributed by atoms with Gasteiger partial charge in [0.05, 0.1) is 6.20 Å². The lowest BCUT2D eigenvalue weighted by atomic mass is 10.3. The number of halogens is 2. The molecule has 4 rings (SSSR count). The van der Waals surface area contributed by atoms with Crippen molar-refractivity contribution in [3.05, 3.63) is 71.3 Å². The number of fused-ring (bicyclic) bond motifs is 1. The van der Waals surface area contributed by atoms with Crippen molar-refractivity contribution in [3.63, 3.8) is 0 Å². The number of hydrogen-bond donors (Lipinski definition) is 1. The predicted molar refractivity (Wildman–Crippen MR) is 97.6 cm³/mol. The van der Waals surface area contributed by atoms with E-state index in [4.69, 9.17) is 0 Å². The highest BCUT2D eigenvalue weighted by Crippen LogP contribution is 2.13. The molecule has 29 heavy (non-hydrogen) atoms. The summed E-state index contributed by atoms with van der Waals surface area (Å²) in [5.74, 6) is -2.07. The predicted octanol–water partition coefficient (Wildman–Crippen LogP) is 1.56. The van der Waals surface area contributed by atoms with Crippen LogP contribution in [0.5, 0.6) is 0 Å². The molecule has 0 fully saturated rings. The van der Waals surface area contributed by atoms with Gasteiger partial charge < -0.3 is 5.32 Å². The van der Waals surface area contributed by atoms with Gasteiger partial charge in [-0.25, -0.2) is 28.7 Å². The van der Waals surface area contributed by atoms with E-state index in [1.807, 2.05) is 0 Å². The summed E-state index contributed by atoms with van der Waals surface area (Å²) in [5, 5.41) is 2.43. The molecule has 0 unspecified atom stereocenters. The zero-order chi connectivity index (χ0) is 20.4. The van der Waals surface area contributed by atoms with Crippen LogP contribution in [0, 0.1) is 11.6 Å². The van der Waals surface area contributed by atoms with Gasteiger partial charge in [0.25, 0.3) is 5.56 Å². The third-order valence-corrected chi connectivity index (χ3v) is 3.83. The Bertz CT molecular complexity index is 1260. The minimum absolute atomic E-state index is 0.0637. The topological polar surface area (TPSA) is 116 Å². The first-order valence-corrected chi connectivity index (χ1v) is 8.24. The number of anilines is 1. The zero-order valence-electron chi connectivity index (χ0n) is 14.6. The first-order chi connectivity index (χ1) is 14.0. The maximum atomic E-state index is 13.2. The molecule has 3 heterocycles. The molecule has 0 aliphatic rings. The van der Waals surface area contributed by atoms with Crippen LogP contribution in [-0.4, -0.2) is 35.4 Å². The van der Waals surface area contributed by atoms with E-state index in [2.05, 4.69) is 30.2 Å². The number of carbonyl (C=O) groups excluding carboxylic acids is 1. The molecule has 144 valence electrons. The summed E-state index contributed by atoms with van der Waals surface area (Å²) >= 11 is 0. The van der Waals surface area contributed by atoms with Gasteiger partial charge in [0.15, 0.2) is 11.5 Å². The molecular formula is C18H11F2N7O2. The Morgan fingerprint density at radius 1 is 1.03 bits per heavy atom. The number of nitrogens with zero attached hydrogens (tertiary/aromatic N) is 6. The molecule has 4 aromatic rings. The van der Waals surface area contributed by atoms with Crippen LogP contribution >= 0.6 is 0 Å². The largest absolute Gasteiger partial charge is 0.324 e. The molecule has 0 aliphatic carbocycles. The minimum Gasteiger partial charge on any atom is -0.324 e. The van der Waals surface area contributed by atoms with E-state index in [1.165, 1.54) is 24.8 Å². The van der Waals surface area contributed by atoms with Crippen LogP contribution in [0.15, 0.2) is 54.1 Å². The van der Waals surface area contributed by atoms with Crippen molar-refractivity contribution in [3.8, 4) is 11.5 Å². The number of nitrogens with one attached hydrogen (secondary N) is 1. The SMILES string of the molecule is O=C(Cn1cnc2nc(-c3cnccn3)ncc2c1=O)Nc1cc(F)cc(F)c1. The van der Waals surface area contributed by atoms with E-state index in [0.29, 0.717) is 11.8 Å². The van der Waals surface area contributed by atoms with E-state index in [0.717, 1.165) is 23.0 Å². The van der Waals surface area contributed by atoms with Crippen molar-refractivity contribution < 1.29 is 13.6 Å². The molecular weight excluding hydrogens is 384 g/mol. The van der Waals surface area contributed by atoms with Crippen molar-refractivity contribution in [1.82, 2.24) is 29.5 Å². The maximum absolute atomic E-state index is 13.2. The molecule has 11 heteroatoms. The summed E-state index contributed by atoms with van der Waals surface area (Å²) in [4.78, 5) is 45.1. The normalized spacial score (nSPS) is 10.8. The second-order valence-corrected chi connectivity index (χ2v) is 5.91. The second-order valence-electron chi connectivity index (χ2n) is 5.91. The molecule has 1 amide bonds. The molecule has 3 aromatic heterocycles. The number of amides is 1. The highest BCUT2D eigenvalue weighted by atomic mass is 19.1. The van der Waals surface area contributed by atoms with Gasteiger partial charge in [0, 0.05) is 30.3 Å². The lowest BCUT2D eigenvalue weighted by Crippen LogP contribution is -2.28. The van der Waals surface area contributed by atoms with Crippen LogP contribution in [0.25, 0.3) is 22.6 Å². The third-order valence-electron chi connectivity index (χ3n) is 3.83. The smallest absolute Gasteiger partial charge is 0.264 e. The standard InChI is InChI=1S/C18H11F2N7O2/c19-10-3-11(20)5-12(4-10)25-15(28)8-27-9-24-16-13(18(27)29)6-23-17(26-16)14-7-21-1-2-22-14/h1-7,9H,8H2,(H,25,28). The summed E-state index contributed by atoms with van der Waals surface area (Å²) in [5.41, 5.74) is -0.0518. The van der Waals surface area contributed by atoms with Crippen LogP contribution in [0.4, 0.5) is 14.5 Å². The molecule has 0 radical (unpaired) electrons. The zero-order valence-corrected chi connectivity index (χ0v) is 14.6. The minimum atomic E-state index is -0.833. The fraction of sp³-hybridized carbons (Fsp3) is 0.0556. The van der Waals surface area contributed by atoms with Crippen molar-refractivity contribution in [2.75, 3.05) is 5.32 Å².